The summed E-state index contributed by atoms with van der Waals surface area (Å²) in [7, 11) is 0. The van der Waals surface area contributed by atoms with Crippen LogP contribution in [0.2, 0.25) is 0 Å². The van der Waals surface area contributed by atoms with E-state index < -0.39 is 0 Å². The van der Waals surface area contributed by atoms with Crippen LogP contribution in [0.3, 0.4) is 0 Å². The SMILES string of the molecule is CC/C=C/SC(=C(C)C)c1ccc(CCCC)cc1. The third-order valence-corrected chi connectivity index (χ3v) is 4.22. The standard InChI is InChI=1S/C18H26S/c1-5-7-9-16-10-12-17(13-11-16)18(15(3)4)19-14-8-6-2/h8,10-14H,5-7,9H2,1-4H3/b14-8+. The van der Waals surface area contributed by atoms with Gasteiger partial charge in [-0.1, -0.05) is 67.9 Å². The van der Waals surface area contributed by atoms with Gasteiger partial charge in [-0.2, -0.15) is 0 Å². The largest absolute Gasteiger partial charge is 0.0979 e. The maximum atomic E-state index is 2.28. The van der Waals surface area contributed by atoms with Crippen LogP contribution in [0.15, 0.2) is 41.3 Å². The van der Waals surface area contributed by atoms with Crippen molar-refractivity contribution >= 4 is 16.7 Å². The van der Waals surface area contributed by atoms with Gasteiger partial charge in [0.25, 0.3) is 0 Å². The summed E-state index contributed by atoms with van der Waals surface area (Å²) in [5.74, 6) is 0. The van der Waals surface area contributed by atoms with Gasteiger partial charge in [0.1, 0.15) is 0 Å². The maximum Gasteiger partial charge on any atom is 0.0175 e. The Bertz CT molecular complexity index is 420. The Morgan fingerprint density at radius 3 is 2.32 bits per heavy atom. The van der Waals surface area contributed by atoms with Crippen LogP contribution in [0.5, 0.6) is 0 Å². The molecule has 0 N–H and O–H groups in total. The maximum absolute atomic E-state index is 2.28. The summed E-state index contributed by atoms with van der Waals surface area (Å²) < 4.78 is 0. The van der Waals surface area contributed by atoms with Gasteiger partial charge in [-0.05, 0) is 49.6 Å². The van der Waals surface area contributed by atoms with E-state index >= 15 is 0 Å². The first kappa shape index (κ1) is 16.1. The van der Waals surface area contributed by atoms with E-state index in [9.17, 15) is 0 Å². The molecule has 0 aliphatic rings. The molecule has 1 heteroatoms. The quantitative estimate of drug-likeness (QED) is 0.551. The smallest absolute Gasteiger partial charge is 0.0175 e. The van der Waals surface area contributed by atoms with Gasteiger partial charge in [0.2, 0.25) is 0 Å². The van der Waals surface area contributed by atoms with E-state index in [1.54, 1.807) is 0 Å². The van der Waals surface area contributed by atoms with Crippen molar-refractivity contribution in [3.05, 3.63) is 52.4 Å². The fourth-order valence-corrected chi connectivity index (χ4v) is 2.82. The molecule has 104 valence electrons. The molecule has 0 saturated carbocycles. The first-order chi connectivity index (χ1) is 9.19. The molecule has 0 atom stereocenters. The van der Waals surface area contributed by atoms with Crippen molar-refractivity contribution in [2.24, 2.45) is 0 Å². The molecule has 0 nitrogen and oxygen atoms in total. The molecule has 0 unspecified atom stereocenters. The Hall–Kier alpha value is -0.950. The lowest BCUT2D eigenvalue weighted by atomic mass is 10.1. The average molecular weight is 274 g/mol. The zero-order valence-corrected chi connectivity index (χ0v) is 13.5. The molecule has 0 aliphatic heterocycles. The molecule has 0 amide bonds. The molecule has 0 radical (unpaired) electrons. The Balaban J connectivity index is 2.81. The molecular formula is C18H26S. The summed E-state index contributed by atoms with van der Waals surface area (Å²) in [6, 6.07) is 9.08. The van der Waals surface area contributed by atoms with Crippen molar-refractivity contribution in [2.75, 3.05) is 0 Å². The molecule has 1 rings (SSSR count). The van der Waals surface area contributed by atoms with Crippen LogP contribution in [-0.4, -0.2) is 0 Å². The lowest BCUT2D eigenvalue weighted by Crippen LogP contribution is -1.87. The number of hydrogen-bond donors (Lipinski definition) is 0. The molecule has 1 aromatic carbocycles. The van der Waals surface area contributed by atoms with E-state index in [1.165, 1.54) is 40.9 Å². The molecule has 0 aromatic heterocycles. The molecule has 19 heavy (non-hydrogen) atoms. The van der Waals surface area contributed by atoms with Gasteiger partial charge in [0, 0.05) is 4.91 Å². The predicted octanol–water partition coefficient (Wildman–Crippen LogP) is 6.44. The number of benzene rings is 1. The molecule has 0 bridgehead atoms. The highest BCUT2D eigenvalue weighted by molar-refractivity contribution is 8.10. The van der Waals surface area contributed by atoms with E-state index in [0.717, 1.165) is 6.42 Å². The molecular weight excluding hydrogens is 248 g/mol. The summed E-state index contributed by atoms with van der Waals surface area (Å²) in [6.45, 7) is 8.79. The summed E-state index contributed by atoms with van der Waals surface area (Å²) in [6.07, 6.45) is 7.05. The van der Waals surface area contributed by atoms with Crippen molar-refractivity contribution in [1.82, 2.24) is 0 Å². The van der Waals surface area contributed by atoms with Crippen molar-refractivity contribution in [3.8, 4) is 0 Å². The fourth-order valence-electron chi connectivity index (χ4n) is 1.89. The second-order valence-corrected chi connectivity index (χ2v) is 5.94. The molecule has 0 fully saturated rings. The highest BCUT2D eigenvalue weighted by atomic mass is 32.2. The van der Waals surface area contributed by atoms with E-state index in [2.05, 4.69) is 63.4 Å². The molecule has 0 spiro atoms. The van der Waals surface area contributed by atoms with Crippen LogP contribution < -0.4 is 0 Å². The molecule has 1 aromatic rings. The minimum atomic E-state index is 1.10. The zero-order valence-electron chi connectivity index (χ0n) is 12.7. The third-order valence-electron chi connectivity index (χ3n) is 3.01. The molecule has 0 aliphatic carbocycles. The molecule has 0 saturated heterocycles. The van der Waals surface area contributed by atoms with Crippen molar-refractivity contribution in [3.63, 3.8) is 0 Å². The van der Waals surface area contributed by atoms with Crippen LogP contribution in [0.25, 0.3) is 4.91 Å². The predicted molar refractivity (Wildman–Crippen MR) is 90.3 cm³/mol. The van der Waals surface area contributed by atoms with Crippen LogP contribution in [0.4, 0.5) is 0 Å². The van der Waals surface area contributed by atoms with Crippen LogP contribution in [0.1, 0.15) is 58.1 Å². The number of rotatable bonds is 7. The topological polar surface area (TPSA) is 0 Å². The Labute approximate surface area is 123 Å². The van der Waals surface area contributed by atoms with Crippen molar-refractivity contribution < 1.29 is 0 Å². The third kappa shape index (κ3) is 5.69. The Morgan fingerprint density at radius 1 is 1.11 bits per heavy atom. The van der Waals surface area contributed by atoms with Gasteiger partial charge in [0.15, 0.2) is 0 Å². The van der Waals surface area contributed by atoms with Gasteiger partial charge < -0.3 is 0 Å². The van der Waals surface area contributed by atoms with E-state index in [4.69, 9.17) is 0 Å². The normalized spacial score (nSPS) is 10.9. The number of hydrogen-bond acceptors (Lipinski definition) is 1. The first-order valence-electron chi connectivity index (χ1n) is 7.27. The summed E-state index contributed by atoms with van der Waals surface area (Å²) >= 11 is 1.83. The highest BCUT2D eigenvalue weighted by Crippen LogP contribution is 2.32. The minimum absolute atomic E-state index is 1.10. The Morgan fingerprint density at radius 2 is 1.79 bits per heavy atom. The monoisotopic (exact) mass is 274 g/mol. The minimum Gasteiger partial charge on any atom is -0.0979 e. The number of allylic oxidation sites excluding steroid dienone is 2. The van der Waals surface area contributed by atoms with Crippen molar-refractivity contribution in [1.29, 1.82) is 0 Å². The lowest BCUT2D eigenvalue weighted by Gasteiger charge is -2.09. The number of unbranched alkanes of at least 4 members (excludes halogenated alkanes) is 1. The van der Waals surface area contributed by atoms with Gasteiger partial charge in [-0.25, -0.2) is 0 Å². The van der Waals surface area contributed by atoms with Gasteiger partial charge in [-0.15, -0.1) is 0 Å². The van der Waals surface area contributed by atoms with Crippen LogP contribution >= 0.6 is 11.8 Å². The van der Waals surface area contributed by atoms with E-state index in [1.807, 2.05) is 11.8 Å². The lowest BCUT2D eigenvalue weighted by molar-refractivity contribution is 0.795. The molecule has 0 heterocycles. The fraction of sp³-hybridized carbons (Fsp3) is 0.444. The first-order valence-corrected chi connectivity index (χ1v) is 8.15. The summed E-state index contributed by atoms with van der Waals surface area (Å²) in [4.78, 5) is 1.38. The highest BCUT2D eigenvalue weighted by Gasteiger charge is 2.03. The Kier molecular flexibility index (Phi) is 7.66. The van der Waals surface area contributed by atoms with Gasteiger partial charge >= 0.3 is 0 Å². The van der Waals surface area contributed by atoms with Gasteiger partial charge in [-0.3, -0.25) is 0 Å². The summed E-state index contributed by atoms with van der Waals surface area (Å²) in [5.41, 5.74) is 4.17. The van der Waals surface area contributed by atoms with Crippen molar-refractivity contribution in [2.45, 2.75) is 53.4 Å². The second kappa shape index (κ2) is 9.03. The average Bonchev–Trinajstić information content (AvgIpc) is 2.42. The second-order valence-electron chi connectivity index (χ2n) is 5.03. The number of aryl methyl sites for hydroxylation is 1. The number of thioether (sulfide) groups is 1. The van der Waals surface area contributed by atoms with E-state index in [-0.39, 0.29) is 0 Å². The van der Waals surface area contributed by atoms with Crippen LogP contribution in [-0.2, 0) is 6.42 Å². The van der Waals surface area contributed by atoms with Crippen LogP contribution in [0, 0.1) is 0 Å². The zero-order chi connectivity index (χ0) is 14.1. The van der Waals surface area contributed by atoms with E-state index in [0.29, 0.717) is 0 Å². The van der Waals surface area contributed by atoms with Gasteiger partial charge in [0.05, 0.1) is 0 Å². The summed E-state index contributed by atoms with van der Waals surface area (Å²) in [5, 5.41) is 2.20.